The minimum absolute atomic E-state index is 0.0831. The van der Waals surface area contributed by atoms with Gasteiger partial charge in [-0.05, 0) is 35.7 Å². The summed E-state index contributed by atoms with van der Waals surface area (Å²) in [5.74, 6) is -1.38. The fourth-order valence-electron chi connectivity index (χ4n) is 3.47. The summed E-state index contributed by atoms with van der Waals surface area (Å²) >= 11 is 0. The Morgan fingerprint density at radius 3 is 2.53 bits per heavy atom. The summed E-state index contributed by atoms with van der Waals surface area (Å²) in [6.45, 7) is 0. The average Bonchev–Trinajstić information content (AvgIpc) is 3.24. The van der Waals surface area contributed by atoms with Crippen LogP contribution in [0.5, 0.6) is 0 Å². The van der Waals surface area contributed by atoms with Gasteiger partial charge in [0.05, 0.1) is 23.3 Å². The molecule has 0 aliphatic carbocycles. The Kier molecular flexibility index (Phi) is 5.66. The number of carbonyl (C=O) groups is 2. The van der Waals surface area contributed by atoms with E-state index in [9.17, 15) is 14.0 Å². The van der Waals surface area contributed by atoms with E-state index in [-0.39, 0.29) is 17.8 Å². The maximum atomic E-state index is 14.0. The number of nitrogens with one attached hydrogen (secondary N) is 2. The monoisotopic (exact) mass is 401 g/mol. The van der Waals surface area contributed by atoms with Gasteiger partial charge < -0.3 is 5.32 Å². The van der Waals surface area contributed by atoms with Crippen LogP contribution in [0.1, 0.15) is 21.5 Å². The maximum absolute atomic E-state index is 14.0. The highest BCUT2D eigenvalue weighted by molar-refractivity contribution is 5.99. The molecule has 150 valence electrons. The molecule has 0 aliphatic rings. The number of nitrogens with zero attached hydrogens (tertiary/aromatic N) is 1. The molecular weight excluding hydrogens is 381 g/mol. The van der Waals surface area contributed by atoms with Gasteiger partial charge in [-0.3, -0.25) is 14.7 Å². The number of hydrogen-bond acceptors (Lipinski definition) is 3. The van der Waals surface area contributed by atoms with Crippen molar-refractivity contribution in [1.82, 2.24) is 15.5 Å². The summed E-state index contributed by atoms with van der Waals surface area (Å²) in [5, 5.41) is 10.5. The first-order chi connectivity index (χ1) is 14.6. The van der Waals surface area contributed by atoms with Crippen molar-refractivity contribution >= 4 is 22.6 Å². The molecule has 0 saturated carbocycles. The first-order valence-electron chi connectivity index (χ1n) is 9.65. The van der Waals surface area contributed by atoms with Crippen molar-refractivity contribution in [2.75, 3.05) is 0 Å². The van der Waals surface area contributed by atoms with E-state index in [1.54, 1.807) is 12.3 Å². The second-order valence-corrected chi connectivity index (χ2v) is 7.09. The third-order valence-corrected chi connectivity index (χ3v) is 5.03. The molecule has 1 aromatic heterocycles. The van der Waals surface area contributed by atoms with Gasteiger partial charge in [0.2, 0.25) is 0 Å². The lowest BCUT2D eigenvalue weighted by molar-refractivity contribution is -0.120. The van der Waals surface area contributed by atoms with Gasteiger partial charge in [-0.1, -0.05) is 54.6 Å². The highest BCUT2D eigenvalue weighted by atomic mass is 19.1. The number of Topliss-reactive ketones (excluding diaryl/α,β-unsaturated/α-hetero) is 1. The van der Waals surface area contributed by atoms with E-state index >= 15 is 0 Å². The number of aromatic amines is 1. The number of ketones is 1. The van der Waals surface area contributed by atoms with Crippen LogP contribution < -0.4 is 5.32 Å². The van der Waals surface area contributed by atoms with E-state index in [2.05, 4.69) is 15.5 Å². The first-order valence-corrected chi connectivity index (χ1v) is 9.65. The molecule has 2 N–H and O–H groups in total. The molecule has 1 amide bonds. The lowest BCUT2D eigenvalue weighted by Crippen LogP contribution is -2.43. The Hall–Kier alpha value is -3.80. The molecule has 0 bridgehead atoms. The number of benzene rings is 3. The molecule has 1 unspecified atom stereocenters. The molecule has 4 rings (SSSR count). The lowest BCUT2D eigenvalue weighted by atomic mass is 9.96. The topological polar surface area (TPSA) is 74.8 Å². The molecule has 0 aliphatic heterocycles. The summed E-state index contributed by atoms with van der Waals surface area (Å²) in [4.78, 5) is 25.9. The predicted molar refractivity (Wildman–Crippen MR) is 113 cm³/mol. The first kappa shape index (κ1) is 19.5. The molecule has 4 aromatic rings. The zero-order valence-electron chi connectivity index (χ0n) is 16.1. The Morgan fingerprint density at radius 1 is 0.967 bits per heavy atom. The minimum atomic E-state index is -0.790. The van der Waals surface area contributed by atoms with E-state index in [0.29, 0.717) is 6.42 Å². The Balaban J connectivity index is 1.59. The molecule has 30 heavy (non-hydrogen) atoms. The van der Waals surface area contributed by atoms with E-state index < -0.39 is 17.8 Å². The fraction of sp³-hybridized carbons (Fsp3) is 0.125. The number of H-pyrrole nitrogens is 1. The molecule has 5 nitrogen and oxygen atoms in total. The van der Waals surface area contributed by atoms with Crippen molar-refractivity contribution in [3.05, 3.63) is 102 Å². The van der Waals surface area contributed by atoms with Gasteiger partial charge in [0.1, 0.15) is 5.82 Å². The molecule has 1 atom stereocenters. The second-order valence-electron chi connectivity index (χ2n) is 7.09. The van der Waals surface area contributed by atoms with Crippen molar-refractivity contribution in [3.63, 3.8) is 0 Å². The average molecular weight is 401 g/mol. The van der Waals surface area contributed by atoms with Gasteiger partial charge in [0.15, 0.2) is 5.78 Å². The SMILES string of the molecule is O=C(NC(Cc1ccccc1)C(=O)Cc1cccc2[nH]ncc12)c1ccccc1F. The number of aromatic nitrogens is 2. The van der Waals surface area contributed by atoms with Crippen LogP contribution >= 0.6 is 0 Å². The quantitative estimate of drug-likeness (QED) is 0.494. The molecular formula is C24H20FN3O2. The predicted octanol–water partition coefficient (Wildman–Crippen LogP) is 3.85. The molecule has 0 saturated heterocycles. The zero-order valence-corrected chi connectivity index (χ0v) is 16.1. The summed E-state index contributed by atoms with van der Waals surface area (Å²) in [6.07, 6.45) is 2.13. The number of halogens is 1. The highest BCUT2D eigenvalue weighted by Gasteiger charge is 2.24. The van der Waals surface area contributed by atoms with Crippen LogP contribution in [0.2, 0.25) is 0 Å². The summed E-state index contributed by atoms with van der Waals surface area (Å²) in [5.41, 5.74) is 2.49. The van der Waals surface area contributed by atoms with Gasteiger partial charge in [0.25, 0.3) is 5.91 Å². The molecule has 0 fully saturated rings. The van der Waals surface area contributed by atoms with Gasteiger partial charge >= 0.3 is 0 Å². The third kappa shape index (κ3) is 4.27. The number of amides is 1. The molecule has 1 heterocycles. The largest absolute Gasteiger partial charge is 0.342 e. The standard InChI is InChI=1S/C24H20FN3O2/c25-20-11-5-4-10-18(20)24(30)27-22(13-16-7-2-1-3-8-16)23(29)14-17-9-6-12-21-19(17)15-26-28-21/h1-12,15,22H,13-14H2,(H,26,28)(H,27,30). The van der Waals surface area contributed by atoms with E-state index in [4.69, 9.17) is 0 Å². The van der Waals surface area contributed by atoms with Crippen LogP contribution in [0.4, 0.5) is 4.39 Å². The van der Waals surface area contributed by atoms with Crippen LogP contribution in [0.15, 0.2) is 79.0 Å². The van der Waals surface area contributed by atoms with Crippen LogP contribution in [-0.4, -0.2) is 27.9 Å². The normalized spacial score (nSPS) is 11.9. The van der Waals surface area contributed by atoms with E-state index in [1.807, 2.05) is 48.5 Å². The molecule has 0 radical (unpaired) electrons. The van der Waals surface area contributed by atoms with Crippen LogP contribution in [0.25, 0.3) is 10.9 Å². The number of carbonyl (C=O) groups excluding carboxylic acids is 2. The van der Waals surface area contributed by atoms with Gasteiger partial charge in [-0.2, -0.15) is 5.10 Å². The smallest absolute Gasteiger partial charge is 0.254 e. The van der Waals surface area contributed by atoms with Crippen LogP contribution in [0, 0.1) is 5.82 Å². The zero-order chi connectivity index (χ0) is 20.9. The summed E-state index contributed by atoms with van der Waals surface area (Å²) in [6, 6.07) is 20.0. The second kappa shape index (κ2) is 8.69. The van der Waals surface area contributed by atoms with Crippen LogP contribution in [0.3, 0.4) is 0 Å². The maximum Gasteiger partial charge on any atom is 0.254 e. The Labute approximate surface area is 172 Å². The lowest BCUT2D eigenvalue weighted by Gasteiger charge is -2.18. The van der Waals surface area contributed by atoms with Gasteiger partial charge in [-0.25, -0.2) is 4.39 Å². The van der Waals surface area contributed by atoms with Gasteiger partial charge in [-0.15, -0.1) is 0 Å². The fourth-order valence-corrected chi connectivity index (χ4v) is 3.47. The number of hydrogen-bond donors (Lipinski definition) is 2. The van der Waals surface area contributed by atoms with Gasteiger partial charge in [0, 0.05) is 11.8 Å². The van der Waals surface area contributed by atoms with Crippen molar-refractivity contribution in [2.45, 2.75) is 18.9 Å². The highest BCUT2D eigenvalue weighted by Crippen LogP contribution is 2.18. The van der Waals surface area contributed by atoms with E-state index in [0.717, 1.165) is 22.0 Å². The summed E-state index contributed by atoms with van der Waals surface area (Å²) < 4.78 is 14.0. The van der Waals surface area contributed by atoms with Crippen LogP contribution in [-0.2, 0) is 17.6 Å². The van der Waals surface area contributed by atoms with E-state index in [1.165, 1.54) is 18.2 Å². The number of rotatable bonds is 7. The Bertz CT molecular complexity index is 1190. The third-order valence-electron chi connectivity index (χ3n) is 5.03. The Morgan fingerprint density at radius 2 is 1.73 bits per heavy atom. The molecule has 3 aromatic carbocycles. The molecule has 0 spiro atoms. The molecule has 6 heteroatoms. The van der Waals surface area contributed by atoms with Crippen molar-refractivity contribution in [3.8, 4) is 0 Å². The minimum Gasteiger partial charge on any atom is -0.342 e. The van der Waals surface area contributed by atoms with Crippen molar-refractivity contribution < 1.29 is 14.0 Å². The number of fused-ring (bicyclic) bond motifs is 1. The van der Waals surface area contributed by atoms with Crippen molar-refractivity contribution in [1.29, 1.82) is 0 Å². The van der Waals surface area contributed by atoms with Crippen molar-refractivity contribution in [2.24, 2.45) is 0 Å². The summed E-state index contributed by atoms with van der Waals surface area (Å²) in [7, 11) is 0.